The lowest BCUT2D eigenvalue weighted by Crippen LogP contribution is -2.32. The van der Waals surface area contributed by atoms with Crippen LogP contribution in [0.4, 0.5) is 0 Å². The van der Waals surface area contributed by atoms with Crippen molar-refractivity contribution >= 4 is 21.8 Å². The summed E-state index contributed by atoms with van der Waals surface area (Å²) in [5.74, 6) is -0.0587. The normalized spacial score (nSPS) is 12.7. The molecule has 0 fully saturated rings. The Bertz CT molecular complexity index is 108. The number of carbonyl (C=O) groups excluding carboxylic acids is 1. The number of amides is 1. The zero-order chi connectivity index (χ0) is 7.98. The first-order chi connectivity index (χ1) is 4.72. The van der Waals surface area contributed by atoms with E-state index in [-0.39, 0.29) is 17.3 Å². The van der Waals surface area contributed by atoms with Crippen molar-refractivity contribution in [3.05, 3.63) is 0 Å². The van der Waals surface area contributed by atoms with Gasteiger partial charge in [0.1, 0.15) is 0 Å². The Morgan fingerprint density at radius 1 is 1.80 bits per heavy atom. The predicted molar refractivity (Wildman–Crippen MR) is 43.1 cm³/mol. The van der Waals surface area contributed by atoms with Crippen LogP contribution < -0.4 is 5.32 Å². The molecule has 0 aliphatic rings. The monoisotopic (exact) mass is 209 g/mol. The average molecular weight is 210 g/mol. The van der Waals surface area contributed by atoms with Gasteiger partial charge in [0, 0.05) is 6.54 Å². The van der Waals surface area contributed by atoms with Gasteiger partial charge in [-0.25, -0.2) is 0 Å². The Balaban J connectivity index is 3.42. The number of aliphatic hydroxyl groups excluding tert-OH is 1. The highest BCUT2D eigenvalue weighted by atomic mass is 79.9. The van der Waals surface area contributed by atoms with Crippen LogP contribution in [-0.2, 0) is 4.79 Å². The summed E-state index contributed by atoms with van der Waals surface area (Å²) in [4.78, 5) is 10.7. The van der Waals surface area contributed by atoms with E-state index >= 15 is 0 Å². The van der Waals surface area contributed by atoms with Crippen molar-refractivity contribution in [3.63, 3.8) is 0 Å². The second kappa shape index (κ2) is 5.68. The summed E-state index contributed by atoms with van der Waals surface area (Å²) in [6.45, 7) is 2.24. The van der Waals surface area contributed by atoms with Crippen LogP contribution in [0.3, 0.4) is 0 Å². The molecule has 10 heavy (non-hydrogen) atoms. The Hall–Kier alpha value is -0.0900. The standard InChI is InChI=1S/C6H12BrNO2/c1-2-5(7)6(10)8-3-4-9/h5,9H,2-4H2,1H3,(H,8,10). The molecule has 0 heterocycles. The zero-order valence-electron chi connectivity index (χ0n) is 5.93. The lowest BCUT2D eigenvalue weighted by Gasteiger charge is -2.05. The molecule has 4 heteroatoms. The maximum atomic E-state index is 10.9. The van der Waals surface area contributed by atoms with Crippen molar-refractivity contribution in [1.82, 2.24) is 5.32 Å². The molecule has 1 atom stereocenters. The van der Waals surface area contributed by atoms with E-state index in [4.69, 9.17) is 5.11 Å². The Labute approximate surface area is 68.9 Å². The van der Waals surface area contributed by atoms with Gasteiger partial charge in [0.15, 0.2) is 0 Å². The molecule has 60 valence electrons. The molecule has 0 aliphatic carbocycles. The fraction of sp³-hybridized carbons (Fsp3) is 0.833. The van der Waals surface area contributed by atoms with Crippen molar-refractivity contribution in [2.45, 2.75) is 18.2 Å². The number of alkyl halides is 1. The minimum atomic E-state index is -0.126. The summed E-state index contributed by atoms with van der Waals surface area (Å²) in [6, 6.07) is 0. The Morgan fingerprint density at radius 2 is 2.40 bits per heavy atom. The Morgan fingerprint density at radius 3 is 2.80 bits per heavy atom. The molecule has 0 rings (SSSR count). The molecule has 2 N–H and O–H groups in total. The topological polar surface area (TPSA) is 49.3 Å². The maximum absolute atomic E-state index is 10.9. The molecule has 0 aromatic heterocycles. The molecule has 0 aliphatic heterocycles. The van der Waals surface area contributed by atoms with Crippen LogP contribution in [0.5, 0.6) is 0 Å². The van der Waals surface area contributed by atoms with Gasteiger partial charge in [0.2, 0.25) is 5.91 Å². The highest BCUT2D eigenvalue weighted by molar-refractivity contribution is 9.10. The SMILES string of the molecule is CCC(Br)C(=O)NCCO. The highest BCUT2D eigenvalue weighted by Crippen LogP contribution is 2.02. The van der Waals surface area contributed by atoms with E-state index in [1.807, 2.05) is 6.92 Å². The number of nitrogens with one attached hydrogen (secondary N) is 1. The van der Waals surface area contributed by atoms with E-state index in [0.717, 1.165) is 6.42 Å². The molecule has 3 nitrogen and oxygen atoms in total. The minimum absolute atomic E-state index is 0.00479. The van der Waals surface area contributed by atoms with Gasteiger partial charge in [-0.05, 0) is 6.42 Å². The lowest BCUT2D eigenvalue weighted by molar-refractivity contribution is -0.120. The van der Waals surface area contributed by atoms with Crippen molar-refractivity contribution in [1.29, 1.82) is 0 Å². The third-order valence-electron chi connectivity index (χ3n) is 1.05. The number of aliphatic hydroxyl groups is 1. The van der Waals surface area contributed by atoms with Crippen LogP contribution in [0.15, 0.2) is 0 Å². The number of hydrogen-bond acceptors (Lipinski definition) is 2. The molecule has 0 bridgehead atoms. The van der Waals surface area contributed by atoms with Gasteiger partial charge in [-0.2, -0.15) is 0 Å². The second-order valence-electron chi connectivity index (χ2n) is 1.89. The van der Waals surface area contributed by atoms with Crippen molar-refractivity contribution < 1.29 is 9.90 Å². The molecule has 0 radical (unpaired) electrons. The van der Waals surface area contributed by atoms with Crippen LogP contribution in [0.25, 0.3) is 0 Å². The van der Waals surface area contributed by atoms with Crippen molar-refractivity contribution in [2.75, 3.05) is 13.2 Å². The van der Waals surface area contributed by atoms with E-state index in [1.54, 1.807) is 0 Å². The highest BCUT2D eigenvalue weighted by Gasteiger charge is 2.09. The summed E-state index contributed by atoms with van der Waals surface area (Å²) in [6.07, 6.45) is 0.761. The largest absolute Gasteiger partial charge is 0.395 e. The fourth-order valence-electron chi connectivity index (χ4n) is 0.475. The van der Waals surface area contributed by atoms with Gasteiger partial charge in [-0.1, -0.05) is 22.9 Å². The van der Waals surface area contributed by atoms with E-state index < -0.39 is 0 Å². The number of rotatable bonds is 4. The van der Waals surface area contributed by atoms with E-state index in [2.05, 4.69) is 21.2 Å². The summed E-state index contributed by atoms with van der Waals surface area (Å²) < 4.78 is 0. The molecule has 0 aromatic rings. The third kappa shape index (κ3) is 3.85. The van der Waals surface area contributed by atoms with Crippen molar-refractivity contribution in [3.8, 4) is 0 Å². The zero-order valence-corrected chi connectivity index (χ0v) is 7.52. The summed E-state index contributed by atoms with van der Waals surface area (Å²) in [5.41, 5.74) is 0. The van der Waals surface area contributed by atoms with Crippen molar-refractivity contribution in [2.24, 2.45) is 0 Å². The summed E-state index contributed by atoms with van der Waals surface area (Å²) >= 11 is 3.18. The van der Waals surface area contributed by atoms with Crippen LogP contribution in [0.1, 0.15) is 13.3 Å². The molecule has 0 saturated carbocycles. The number of carbonyl (C=O) groups is 1. The number of hydrogen-bond donors (Lipinski definition) is 2. The van der Waals surface area contributed by atoms with E-state index in [1.165, 1.54) is 0 Å². The van der Waals surface area contributed by atoms with Crippen LogP contribution >= 0.6 is 15.9 Å². The van der Waals surface area contributed by atoms with Gasteiger partial charge >= 0.3 is 0 Å². The van der Waals surface area contributed by atoms with Crippen LogP contribution in [0, 0.1) is 0 Å². The molecular formula is C6H12BrNO2. The average Bonchev–Trinajstić information content (AvgIpc) is 1.98. The minimum Gasteiger partial charge on any atom is -0.395 e. The first-order valence-corrected chi connectivity index (χ1v) is 4.16. The van der Waals surface area contributed by atoms with E-state index in [0.29, 0.717) is 6.54 Å². The Kier molecular flexibility index (Phi) is 5.63. The van der Waals surface area contributed by atoms with Gasteiger partial charge in [0.05, 0.1) is 11.4 Å². The molecule has 0 saturated heterocycles. The van der Waals surface area contributed by atoms with Crippen LogP contribution in [0.2, 0.25) is 0 Å². The summed E-state index contributed by atoms with van der Waals surface area (Å²) in [7, 11) is 0. The molecule has 0 aromatic carbocycles. The smallest absolute Gasteiger partial charge is 0.233 e. The molecule has 1 amide bonds. The van der Waals surface area contributed by atoms with Gasteiger partial charge < -0.3 is 10.4 Å². The molecule has 1 unspecified atom stereocenters. The number of halogens is 1. The quantitative estimate of drug-likeness (QED) is 0.654. The predicted octanol–water partition coefficient (Wildman–Crippen LogP) is 0.268. The lowest BCUT2D eigenvalue weighted by atomic mass is 10.3. The van der Waals surface area contributed by atoms with Gasteiger partial charge in [0.25, 0.3) is 0 Å². The van der Waals surface area contributed by atoms with E-state index in [9.17, 15) is 4.79 Å². The fourth-order valence-corrected chi connectivity index (χ4v) is 0.637. The second-order valence-corrected chi connectivity index (χ2v) is 3.00. The van der Waals surface area contributed by atoms with Crippen LogP contribution in [-0.4, -0.2) is 29.0 Å². The molecular weight excluding hydrogens is 198 g/mol. The third-order valence-corrected chi connectivity index (χ3v) is 2.12. The van der Waals surface area contributed by atoms with Gasteiger partial charge in [-0.15, -0.1) is 0 Å². The molecule has 0 spiro atoms. The maximum Gasteiger partial charge on any atom is 0.233 e. The first-order valence-electron chi connectivity index (χ1n) is 3.25. The summed E-state index contributed by atoms with van der Waals surface area (Å²) in [5, 5.41) is 10.9. The van der Waals surface area contributed by atoms with Gasteiger partial charge in [-0.3, -0.25) is 4.79 Å². The first kappa shape index (κ1) is 9.91.